The Labute approximate surface area is 112 Å². The Kier molecular flexibility index (Phi) is 3.36. The summed E-state index contributed by atoms with van der Waals surface area (Å²) in [5, 5.41) is 10.7. The third-order valence-electron chi connectivity index (χ3n) is 2.87. The van der Waals surface area contributed by atoms with Crippen LogP contribution in [0.25, 0.3) is 0 Å². The highest BCUT2D eigenvalue weighted by atomic mass is 79.9. The van der Waals surface area contributed by atoms with Crippen molar-refractivity contribution >= 4 is 33.2 Å². The average molecular weight is 314 g/mol. The molecule has 1 amide bonds. The van der Waals surface area contributed by atoms with E-state index < -0.39 is 4.92 Å². The van der Waals surface area contributed by atoms with Crippen molar-refractivity contribution in [2.24, 2.45) is 5.73 Å². The Morgan fingerprint density at radius 1 is 1.56 bits per heavy atom. The van der Waals surface area contributed by atoms with Gasteiger partial charge < -0.3 is 10.6 Å². The molecule has 0 aliphatic carbocycles. The summed E-state index contributed by atoms with van der Waals surface area (Å²) in [7, 11) is 0. The summed E-state index contributed by atoms with van der Waals surface area (Å²) in [5.41, 5.74) is 7.09. The van der Waals surface area contributed by atoms with Crippen LogP contribution in [0.4, 0.5) is 11.4 Å². The number of halogens is 1. The van der Waals surface area contributed by atoms with Gasteiger partial charge in [-0.2, -0.15) is 0 Å². The zero-order chi connectivity index (χ0) is 13.4. The number of benzene rings is 1. The monoisotopic (exact) mass is 313 g/mol. The topological polar surface area (TPSA) is 89.5 Å². The molecule has 7 heteroatoms. The van der Waals surface area contributed by atoms with Crippen LogP contribution in [0.1, 0.15) is 12.0 Å². The molecule has 1 unspecified atom stereocenters. The molecule has 96 valence electrons. The normalized spacial score (nSPS) is 19.4. The maximum Gasteiger partial charge on any atom is 0.270 e. The number of anilines is 1. The van der Waals surface area contributed by atoms with Crippen LogP contribution in [-0.4, -0.2) is 23.4 Å². The number of nitro groups is 1. The lowest BCUT2D eigenvalue weighted by Gasteiger charge is -2.20. The van der Waals surface area contributed by atoms with E-state index in [4.69, 9.17) is 5.73 Å². The quantitative estimate of drug-likeness (QED) is 0.665. The number of nitrogens with zero attached hydrogens (tertiary/aromatic N) is 2. The lowest BCUT2D eigenvalue weighted by molar-refractivity contribution is -0.385. The number of amides is 1. The molecule has 1 atom stereocenters. The van der Waals surface area contributed by atoms with Gasteiger partial charge in [-0.25, -0.2) is 0 Å². The maximum atomic E-state index is 11.8. The molecule has 0 bridgehead atoms. The fraction of sp³-hybridized carbons (Fsp3) is 0.364. The minimum atomic E-state index is -0.459. The van der Waals surface area contributed by atoms with Gasteiger partial charge in [0.2, 0.25) is 5.91 Å². The van der Waals surface area contributed by atoms with Crippen LogP contribution in [0, 0.1) is 17.0 Å². The number of carbonyl (C=O) groups excluding carboxylic acids is 1. The third-order valence-corrected chi connectivity index (χ3v) is 3.48. The van der Waals surface area contributed by atoms with Gasteiger partial charge in [-0.3, -0.25) is 14.9 Å². The van der Waals surface area contributed by atoms with Crippen LogP contribution in [0.5, 0.6) is 0 Å². The summed E-state index contributed by atoms with van der Waals surface area (Å²) in [6.07, 6.45) is 0.308. The zero-order valence-corrected chi connectivity index (χ0v) is 11.3. The Bertz CT molecular complexity index is 509. The van der Waals surface area contributed by atoms with Crippen molar-refractivity contribution < 1.29 is 9.72 Å². The van der Waals surface area contributed by atoms with Gasteiger partial charge >= 0.3 is 0 Å². The van der Waals surface area contributed by atoms with Gasteiger partial charge in [-0.1, -0.05) is 0 Å². The van der Waals surface area contributed by atoms with Gasteiger partial charge in [-0.05, 0) is 28.4 Å². The van der Waals surface area contributed by atoms with Gasteiger partial charge in [0.05, 0.1) is 10.6 Å². The zero-order valence-electron chi connectivity index (χ0n) is 9.72. The van der Waals surface area contributed by atoms with Gasteiger partial charge in [0.25, 0.3) is 5.69 Å². The van der Waals surface area contributed by atoms with Gasteiger partial charge in [0.15, 0.2) is 0 Å². The maximum absolute atomic E-state index is 11.8. The number of hydrogen-bond acceptors (Lipinski definition) is 4. The van der Waals surface area contributed by atoms with Gasteiger partial charge in [0.1, 0.15) is 0 Å². The first-order chi connectivity index (χ1) is 8.40. The van der Waals surface area contributed by atoms with Crippen molar-refractivity contribution in [3.63, 3.8) is 0 Å². The number of carbonyl (C=O) groups is 1. The van der Waals surface area contributed by atoms with Crippen molar-refractivity contribution in [1.29, 1.82) is 0 Å². The number of rotatable bonds is 2. The molecular formula is C11H12BrN3O3. The van der Waals surface area contributed by atoms with Crippen LogP contribution in [0.3, 0.4) is 0 Å². The number of hydrogen-bond donors (Lipinski definition) is 1. The highest BCUT2D eigenvalue weighted by Gasteiger charge is 2.31. The molecule has 1 heterocycles. The first kappa shape index (κ1) is 13.0. The first-order valence-electron chi connectivity index (χ1n) is 5.40. The van der Waals surface area contributed by atoms with E-state index in [1.165, 1.54) is 12.1 Å². The molecule has 0 saturated carbocycles. The minimum absolute atomic E-state index is 0.000862. The highest BCUT2D eigenvalue weighted by Crippen LogP contribution is 2.35. The fourth-order valence-corrected chi connectivity index (χ4v) is 2.88. The van der Waals surface area contributed by atoms with E-state index in [1.807, 2.05) is 0 Å². The average Bonchev–Trinajstić information content (AvgIpc) is 2.56. The van der Waals surface area contributed by atoms with E-state index in [1.54, 1.807) is 11.8 Å². The van der Waals surface area contributed by atoms with Crippen LogP contribution in [0.15, 0.2) is 16.6 Å². The predicted octanol–water partition coefficient (Wildman–Crippen LogP) is 1.73. The lowest BCUT2D eigenvalue weighted by Crippen LogP contribution is -2.28. The summed E-state index contributed by atoms with van der Waals surface area (Å²) in [6, 6.07) is 2.68. The molecule has 2 N–H and O–H groups in total. The summed E-state index contributed by atoms with van der Waals surface area (Å²) in [6.45, 7) is 2.18. The lowest BCUT2D eigenvalue weighted by atomic mass is 10.1. The number of aryl methyl sites for hydroxylation is 1. The molecular weight excluding hydrogens is 302 g/mol. The third kappa shape index (κ3) is 2.23. The largest absolute Gasteiger partial charge is 0.326 e. The van der Waals surface area contributed by atoms with Gasteiger partial charge in [0, 0.05) is 35.6 Å². The highest BCUT2D eigenvalue weighted by molar-refractivity contribution is 9.10. The van der Waals surface area contributed by atoms with Crippen molar-refractivity contribution in [1.82, 2.24) is 0 Å². The van der Waals surface area contributed by atoms with E-state index in [0.29, 0.717) is 28.7 Å². The molecule has 1 saturated heterocycles. The summed E-state index contributed by atoms with van der Waals surface area (Å²) in [4.78, 5) is 23.7. The molecule has 6 nitrogen and oxygen atoms in total. The van der Waals surface area contributed by atoms with Crippen molar-refractivity contribution in [2.45, 2.75) is 19.4 Å². The van der Waals surface area contributed by atoms with Crippen molar-refractivity contribution in [3.8, 4) is 0 Å². The van der Waals surface area contributed by atoms with E-state index >= 15 is 0 Å². The molecule has 2 rings (SSSR count). The number of nitro benzene ring substituents is 1. The van der Waals surface area contributed by atoms with E-state index in [2.05, 4.69) is 15.9 Å². The van der Waals surface area contributed by atoms with Crippen LogP contribution < -0.4 is 10.6 Å². The summed E-state index contributed by atoms with van der Waals surface area (Å²) < 4.78 is 0.539. The smallest absolute Gasteiger partial charge is 0.270 e. The van der Waals surface area contributed by atoms with E-state index in [-0.39, 0.29) is 17.6 Å². The van der Waals surface area contributed by atoms with Crippen molar-refractivity contribution in [2.75, 3.05) is 11.4 Å². The van der Waals surface area contributed by atoms with Crippen LogP contribution in [0.2, 0.25) is 0 Å². The Hall–Kier alpha value is -1.47. The Morgan fingerprint density at radius 2 is 2.22 bits per heavy atom. The fourth-order valence-electron chi connectivity index (χ4n) is 2.12. The molecule has 0 radical (unpaired) electrons. The second-order valence-corrected chi connectivity index (χ2v) is 5.17. The van der Waals surface area contributed by atoms with Crippen molar-refractivity contribution in [3.05, 3.63) is 32.3 Å². The first-order valence-corrected chi connectivity index (χ1v) is 6.20. The second-order valence-electron chi connectivity index (χ2n) is 4.32. The van der Waals surface area contributed by atoms with E-state index in [9.17, 15) is 14.9 Å². The standard InChI is InChI=1S/C11H12BrN3O3/c1-6-2-8(15(17)18)4-9(12)11(6)14-5-7(13)3-10(14)16/h2,4,7H,3,5,13H2,1H3. The van der Waals surface area contributed by atoms with Crippen LogP contribution >= 0.6 is 15.9 Å². The predicted molar refractivity (Wildman–Crippen MR) is 70.5 cm³/mol. The molecule has 1 fully saturated rings. The second kappa shape index (κ2) is 4.66. The Balaban J connectivity index is 2.46. The van der Waals surface area contributed by atoms with Gasteiger partial charge in [-0.15, -0.1) is 0 Å². The molecule has 1 aliphatic heterocycles. The summed E-state index contributed by atoms with van der Waals surface area (Å²) >= 11 is 3.28. The minimum Gasteiger partial charge on any atom is -0.326 e. The molecule has 1 aliphatic rings. The summed E-state index contributed by atoms with van der Waals surface area (Å²) in [5.74, 6) is -0.0554. The molecule has 0 spiro atoms. The molecule has 0 aromatic heterocycles. The molecule has 1 aromatic rings. The SMILES string of the molecule is Cc1cc([N+](=O)[O-])cc(Br)c1N1CC(N)CC1=O. The van der Waals surface area contributed by atoms with Crippen LogP contribution in [-0.2, 0) is 4.79 Å². The number of non-ortho nitro benzene ring substituents is 1. The molecule has 18 heavy (non-hydrogen) atoms. The number of nitrogens with two attached hydrogens (primary N) is 1. The Morgan fingerprint density at radius 3 is 2.67 bits per heavy atom. The molecule has 1 aromatic carbocycles. The van der Waals surface area contributed by atoms with E-state index in [0.717, 1.165) is 0 Å².